The molecule has 11 nitrogen and oxygen atoms in total. The van der Waals surface area contributed by atoms with Crippen molar-refractivity contribution in [1.29, 1.82) is 0 Å². The normalized spacial score (nSPS) is 26.1. The zero-order chi connectivity index (χ0) is 33.0. The molecule has 1 saturated carbocycles. The molecule has 1 spiro atoms. The van der Waals surface area contributed by atoms with Crippen molar-refractivity contribution < 1.29 is 32.9 Å². The Bertz CT molecular complexity index is 1790. The number of nitrogens with zero attached hydrogens (tertiary/aromatic N) is 5. The van der Waals surface area contributed by atoms with E-state index >= 15 is 0 Å². The third-order valence-corrected chi connectivity index (χ3v) is 10.2. The Morgan fingerprint density at radius 1 is 1.06 bits per heavy atom. The average molecular weight is 659 g/mol. The van der Waals surface area contributed by atoms with Crippen LogP contribution in [0.15, 0.2) is 67.0 Å². The molecule has 4 fully saturated rings. The summed E-state index contributed by atoms with van der Waals surface area (Å²) in [5.41, 5.74) is 3.61. The summed E-state index contributed by atoms with van der Waals surface area (Å²) in [6, 6.07) is 16.5. The molecular weight excluding hydrogens is 622 g/mol. The summed E-state index contributed by atoms with van der Waals surface area (Å²) in [7, 11) is 0. The number of aromatic nitrogens is 4. The molecule has 0 amide bonds. The van der Waals surface area contributed by atoms with Gasteiger partial charge < -0.3 is 34.1 Å². The fraction of sp³-hybridized carbons (Fsp3) is 0.429. The number of hydrogen-bond donors (Lipinski definition) is 2. The predicted octanol–water partition coefficient (Wildman–Crippen LogP) is 5.18. The Morgan fingerprint density at radius 2 is 1.88 bits per heavy atom. The van der Waals surface area contributed by atoms with E-state index < -0.39 is 36.0 Å². The summed E-state index contributed by atoms with van der Waals surface area (Å²) >= 11 is 0. The third kappa shape index (κ3) is 5.54. The number of rotatable bonds is 9. The van der Waals surface area contributed by atoms with Gasteiger partial charge in [0, 0.05) is 31.4 Å². The predicted molar refractivity (Wildman–Crippen MR) is 172 cm³/mol. The molecule has 8 rings (SSSR count). The van der Waals surface area contributed by atoms with Gasteiger partial charge in [0.25, 0.3) is 6.43 Å². The number of hydrogen-bond acceptors (Lipinski definition) is 9. The van der Waals surface area contributed by atoms with Gasteiger partial charge >= 0.3 is 5.97 Å². The van der Waals surface area contributed by atoms with Crippen molar-refractivity contribution in [3.05, 3.63) is 83.9 Å². The first-order valence-electron chi connectivity index (χ1n) is 16.3. The zero-order valence-electron chi connectivity index (χ0n) is 26.3. The van der Waals surface area contributed by atoms with Crippen LogP contribution in [0.3, 0.4) is 0 Å². The highest BCUT2D eigenvalue weighted by atomic mass is 19.3. The van der Waals surface area contributed by atoms with E-state index in [1.807, 2.05) is 12.3 Å². The fourth-order valence-corrected chi connectivity index (χ4v) is 7.34. The van der Waals surface area contributed by atoms with Crippen molar-refractivity contribution in [2.24, 2.45) is 0 Å². The topological polar surface area (TPSA) is 126 Å². The van der Waals surface area contributed by atoms with Crippen molar-refractivity contribution in [2.45, 2.75) is 61.8 Å². The molecule has 3 aromatic heterocycles. The Labute approximate surface area is 275 Å². The van der Waals surface area contributed by atoms with E-state index in [-0.39, 0.29) is 30.5 Å². The van der Waals surface area contributed by atoms with Crippen LogP contribution in [0.25, 0.3) is 11.4 Å². The van der Waals surface area contributed by atoms with Crippen LogP contribution >= 0.6 is 0 Å². The van der Waals surface area contributed by atoms with Crippen LogP contribution < -0.4 is 14.5 Å². The zero-order valence-corrected chi connectivity index (χ0v) is 26.3. The molecule has 0 bridgehead atoms. The first kappa shape index (κ1) is 30.7. The molecule has 48 heavy (non-hydrogen) atoms. The minimum atomic E-state index is -2.94. The van der Waals surface area contributed by atoms with Crippen LogP contribution in [-0.2, 0) is 14.3 Å². The summed E-state index contributed by atoms with van der Waals surface area (Å²) in [5, 5.41) is 10.2. The monoisotopic (exact) mass is 658 g/mol. The molecule has 3 aliphatic heterocycles. The summed E-state index contributed by atoms with van der Waals surface area (Å²) in [4.78, 5) is 32.2. The summed E-state index contributed by atoms with van der Waals surface area (Å²) in [5.74, 6) is -0.520. The Balaban J connectivity index is 1.10. The largest absolute Gasteiger partial charge is 0.480 e. The van der Waals surface area contributed by atoms with E-state index in [0.29, 0.717) is 49.8 Å². The van der Waals surface area contributed by atoms with Crippen LogP contribution in [0.5, 0.6) is 5.88 Å². The second-order valence-electron chi connectivity index (χ2n) is 13.1. The van der Waals surface area contributed by atoms with Gasteiger partial charge in [-0.15, -0.1) is 0 Å². The van der Waals surface area contributed by atoms with E-state index in [1.54, 1.807) is 18.3 Å². The van der Waals surface area contributed by atoms with Crippen molar-refractivity contribution in [1.82, 2.24) is 19.9 Å². The number of carboxylic acid groups (broad SMARTS) is 1. The van der Waals surface area contributed by atoms with Gasteiger partial charge in [-0.3, -0.25) is 0 Å². The van der Waals surface area contributed by atoms with Gasteiger partial charge in [-0.05, 0) is 54.5 Å². The lowest BCUT2D eigenvalue weighted by molar-refractivity contribution is -0.228. The molecule has 0 radical (unpaired) electrons. The molecule has 6 heterocycles. The minimum absolute atomic E-state index is 0.0180. The maximum absolute atomic E-state index is 13.9. The summed E-state index contributed by atoms with van der Waals surface area (Å²) < 4.78 is 46.2. The number of carboxylic acids is 1. The molecule has 4 aromatic rings. The minimum Gasteiger partial charge on any atom is -0.480 e. The van der Waals surface area contributed by atoms with Crippen LogP contribution in [0.4, 0.5) is 20.3 Å². The van der Waals surface area contributed by atoms with Gasteiger partial charge in [0.1, 0.15) is 29.3 Å². The van der Waals surface area contributed by atoms with Crippen LogP contribution in [0.1, 0.15) is 55.0 Å². The van der Waals surface area contributed by atoms with Crippen molar-refractivity contribution in [2.75, 3.05) is 42.7 Å². The molecule has 3 saturated heterocycles. The Kier molecular flexibility index (Phi) is 7.75. The second kappa shape index (κ2) is 12.1. The van der Waals surface area contributed by atoms with Crippen molar-refractivity contribution >= 4 is 17.5 Å². The number of alkyl halides is 2. The van der Waals surface area contributed by atoms with Crippen LogP contribution in [0, 0.1) is 0 Å². The molecule has 1 aliphatic carbocycles. The second-order valence-corrected chi connectivity index (χ2v) is 13.1. The van der Waals surface area contributed by atoms with Gasteiger partial charge in [-0.25, -0.2) is 28.5 Å². The van der Waals surface area contributed by atoms with E-state index in [9.17, 15) is 18.7 Å². The highest BCUT2D eigenvalue weighted by Gasteiger charge is 2.51. The molecule has 2 N–H and O–H groups in total. The highest BCUT2D eigenvalue weighted by Crippen LogP contribution is 2.55. The third-order valence-electron chi connectivity index (χ3n) is 10.2. The van der Waals surface area contributed by atoms with Gasteiger partial charge in [-0.2, -0.15) is 0 Å². The SMILES string of the molecule is C[C@@H]1N(c2cc(C3CC3c3ccccc3)cnc2O[C@H]2C[C@@H](C(=O)O)N(c3cc(-c4ccc[nH]4)nc(C(F)F)n3)C2)CCOC12COC2. The molecule has 2 unspecified atom stereocenters. The standard InChI is InChI=1S/C35H36F2N6O5/c1-20-35(18-46-19-35)47-11-10-42(20)28-12-22(25-14-24(25)21-6-3-2-4-7-21)16-39-33(28)48-23-13-29(34(44)45)43(17-23)30-15-27(26-8-5-9-38-26)40-32(41-30)31(36)37/h2-9,12,15-16,20,23-25,29,31,38H,10-11,13-14,17-19H2,1H3,(H,44,45)/t20-,23-,24?,25?,29-/m0/s1. The number of pyridine rings is 1. The number of H-pyrrole nitrogens is 1. The molecular formula is C35H36F2N6O5. The molecule has 13 heteroatoms. The number of benzene rings is 1. The number of aromatic amines is 1. The van der Waals surface area contributed by atoms with Gasteiger partial charge in [0.15, 0.2) is 5.82 Å². The quantitative estimate of drug-likeness (QED) is 0.249. The molecule has 5 atom stereocenters. The maximum Gasteiger partial charge on any atom is 0.326 e. The number of halogens is 2. The molecule has 250 valence electrons. The summed E-state index contributed by atoms with van der Waals surface area (Å²) in [6.07, 6.45) is 1.13. The maximum atomic E-state index is 13.9. The van der Waals surface area contributed by atoms with E-state index in [0.717, 1.165) is 17.7 Å². The lowest BCUT2D eigenvalue weighted by Crippen LogP contribution is -2.68. The van der Waals surface area contributed by atoms with Crippen molar-refractivity contribution in [3.8, 4) is 17.3 Å². The number of morpholine rings is 1. The summed E-state index contributed by atoms with van der Waals surface area (Å²) in [6.45, 7) is 4.40. The number of ether oxygens (including phenoxy) is 3. The number of anilines is 2. The highest BCUT2D eigenvalue weighted by molar-refractivity contribution is 5.79. The van der Waals surface area contributed by atoms with Crippen molar-refractivity contribution in [3.63, 3.8) is 0 Å². The Morgan fingerprint density at radius 3 is 2.58 bits per heavy atom. The van der Waals surface area contributed by atoms with Gasteiger partial charge in [0.2, 0.25) is 5.88 Å². The molecule has 1 aromatic carbocycles. The van der Waals surface area contributed by atoms with Crippen LogP contribution in [-0.4, -0.2) is 87.7 Å². The molecule has 4 aliphatic rings. The fourth-order valence-electron chi connectivity index (χ4n) is 7.34. The van der Waals surface area contributed by atoms with E-state index in [4.69, 9.17) is 19.2 Å². The smallest absolute Gasteiger partial charge is 0.326 e. The van der Waals surface area contributed by atoms with Gasteiger partial charge in [-0.1, -0.05) is 30.3 Å². The number of carbonyl (C=O) groups is 1. The number of nitrogens with one attached hydrogen (secondary N) is 1. The van der Waals surface area contributed by atoms with E-state index in [1.165, 1.54) is 16.5 Å². The first-order valence-corrected chi connectivity index (χ1v) is 16.3. The lowest BCUT2D eigenvalue weighted by atomic mass is 9.90. The first-order chi connectivity index (χ1) is 23.3. The number of aliphatic carboxylic acids is 1. The Hall–Kier alpha value is -4.62. The van der Waals surface area contributed by atoms with Crippen LogP contribution in [0.2, 0.25) is 0 Å². The lowest BCUT2D eigenvalue weighted by Gasteiger charge is -2.53. The van der Waals surface area contributed by atoms with E-state index in [2.05, 4.69) is 57.1 Å². The van der Waals surface area contributed by atoms with Gasteiger partial charge in [0.05, 0.1) is 43.8 Å². The average Bonchev–Trinajstić information content (AvgIpc) is 3.45.